The highest BCUT2D eigenvalue weighted by Gasteiger charge is 2.25. The topological polar surface area (TPSA) is 27.8 Å². The first kappa shape index (κ1) is 17.3. The van der Waals surface area contributed by atoms with Gasteiger partial charge in [-0.3, -0.25) is 0 Å². The zero-order valence-corrected chi connectivity index (χ0v) is 16.3. The summed E-state index contributed by atoms with van der Waals surface area (Å²) in [5.41, 5.74) is 8.05. The van der Waals surface area contributed by atoms with Crippen molar-refractivity contribution in [3.63, 3.8) is 0 Å². The lowest BCUT2D eigenvalue weighted by molar-refractivity contribution is 0.410. The normalized spacial score (nSPS) is 17.4. The number of aromatic amines is 1. The van der Waals surface area contributed by atoms with E-state index in [4.69, 9.17) is 0 Å². The molecule has 1 aliphatic carbocycles. The zero-order chi connectivity index (χ0) is 18.9. The van der Waals surface area contributed by atoms with E-state index in [1.165, 1.54) is 51.7 Å². The molecule has 0 aliphatic heterocycles. The molecule has 5 rings (SSSR count). The van der Waals surface area contributed by atoms with E-state index in [9.17, 15) is 0 Å². The maximum Gasteiger partial charge on any atom is 0.0480 e. The molecular weight excluding hydrogens is 340 g/mol. The van der Waals surface area contributed by atoms with Crippen molar-refractivity contribution in [3.8, 4) is 11.1 Å². The fourth-order valence-electron chi connectivity index (χ4n) is 4.58. The summed E-state index contributed by atoms with van der Waals surface area (Å²) in [4.78, 5) is 3.74. The van der Waals surface area contributed by atoms with Crippen LogP contribution in [0.2, 0.25) is 0 Å². The average Bonchev–Trinajstić information content (AvgIpc) is 3.14. The Hall–Kier alpha value is -2.84. The van der Waals surface area contributed by atoms with E-state index in [2.05, 4.69) is 96.1 Å². The SMILES string of the molecule is CC(NC1CCCc2c1[nH]c1ccc(-c3ccccc3)cc21)c1ccccc1. The summed E-state index contributed by atoms with van der Waals surface area (Å²) < 4.78 is 0. The summed E-state index contributed by atoms with van der Waals surface area (Å²) in [6.45, 7) is 2.26. The van der Waals surface area contributed by atoms with E-state index >= 15 is 0 Å². The van der Waals surface area contributed by atoms with E-state index in [0.29, 0.717) is 12.1 Å². The number of fused-ring (bicyclic) bond motifs is 3. The molecule has 0 saturated carbocycles. The van der Waals surface area contributed by atoms with Crippen molar-refractivity contribution in [2.75, 3.05) is 0 Å². The number of nitrogens with one attached hydrogen (secondary N) is 2. The summed E-state index contributed by atoms with van der Waals surface area (Å²) in [5.74, 6) is 0. The highest BCUT2D eigenvalue weighted by atomic mass is 15.0. The highest BCUT2D eigenvalue weighted by molar-refractivity contribution is 5.89. The molecule has 0 fully saturated rings. The molecular formula is C26H26N2. The van der Waals surface area contributed by atoms with Gasteiger partial charge in [-0.1, -0.05) is 66.7 Å². The van der Waals surface area contributed by atoms with Gasteiger partial charge in [0.1, 0.15) is 0 Å². The first-order valence-electron chi connectivity index (χ1n) is 10.3. The maximum absolute atomic E-state index is 3.87. The van der Waals surface area contributed by atoms with E-state index in [0.717, 1.165) is 6.42 Å². The second-order valence-corrected chi connectivity index (χ2v) is 7.89. The van der Waals surface area contributed by atoms with Crippen molar-refractivity contribution in [3.05, 3.63) is 95.7 Å². The Labute approximate surface area is 166 Å². The Morgan fingerprint density at radius 3 is 2.43 bits per heavy atom. The van der Waals surface area contributed by atoms with Crippen molar-refractivity contribution in [2.24, 2.45) is 0 Å². The van der Waals surface area contributed by atoms with Gasteiger partial charge in [0.05, 0.1) is 0 Å². The van der Waals surface area contributed by atoms with Gasteiger partial charge in [-0.05, 0) is 60.6 Å². The third kappa shape index (κ3) is 3.14. The van der Waals surface area contributed by atoms with Crippen LogP contribution in [0.25, 0.3) is 22.0 Å². The van der Waals surface area contributed by atoms with Gasteiger partial charge < -0.3 is 10.3 Å². The number of benzene rings is 3. The smallest absolute Gasteiger partial charge is 0.0480 e. The number of aromatic nitrogens is 1. The lowest BCUT2D eigenvalue weighted by Crippen LogP contribution is -2.27. The number of aryl methyl sites for hydroxylation is 1. The van der Waals surface area contributed by atoms with Gasteiger partial charge in [0.15, 0.2) is 0 Å². The summed E-state index contributed by atoms with van der Waals surface area (Å²) >= 11 is 0. The quantitative estimate of drug-likeness (QED) is 0.420. The van der Waals surface area contributed by atoms with Crippen LogP contribution in [0.4, 0.5) is 0 Å². The predicted octanol–water partition coefficient (Wildman–Crippen LogP) is 6.56. The highest BCUT2D eigenvalue weighted by Crippen LogP contribution is 2.37. The fourth-order valence-corrected chi connectivity index (χ4v) is 4.58. The third-order valence-electron chi connectivity index (χ3n) is 6.07. The van der Waals surface area contributed by atoms with E-state index in [1.54, 1.807) is 0 Å². The van der Waals surface area contributed by atoms with Gasteiger partial charge in [0.25, 0.3) is 0 Å². The Kier molecular flexibility index (Phi) is 4.50. The minimum Gasteiger partial charge on any atom is -0.357 e. The summed E-state index contributed by atoms with van der Waals surface area (Å²) in [7, 11) is 0. The average molecular weight is 367 g/mol. The number of H-pyrrole nitrogens is 1. The molecule has 4 aromatic rings. The minimum absolute atomic E-state index is 0.337. The largest absolute Gasteiger partial charge is 0.357 e. The number of hydrogen-bond donors (Lipinski definition) is 2. The standard InChI is InChI=1S/C26H26N2/c1-18(19-9-4-2-5-10-19)27-25-14-8-13-22-23-17-21(20-11-6-3-7-12-20)15-16-24(23)28-26(22)25/h2-7,9-12,15-18,25,27-28H,8,13-14H2,1H3. The van der Waals surface area contributed by atoms with Gasteiger partial charge in [-0.2, -0.15) is 0 Å². The van der Waals surface area contributed by atoms with E-state index < -0.39 is 0 Å². The van der Waals surface area contributed by atoms with Crippen LogP contribution in [0.15, 0.2) is 78.9 Å². The molecule has 2 N–H and O–H groups in total. The van der Waals surface area contributed by atoms with Crippen molar-refractivity contribution in [1.29, 1.82) is 0 Å². The second-order valence-electron chi connectivity index (χ2n) is 7.89. The van der Waals surface area contributed by atoms with Crippen LogP contribution >= 0.6 is 0 Å². The maximum atomic E-state index is 3.87. The van der Waals surface area contributed by atoms with Crippen LogP contribution in [0.5, 0.6) is 0 Å². The van der Waals surface area contributed by atoms with Crippen molar-refractivity contribution in [1.82, 2.24) is 10.3 Å². The summed E-state index contributed by atoms with van der Waals surface area (Å²) in [6.07, 6.45) is 3.57. The van der Waals surface area contributed by atoms with Crippen LogP contribution in [-0.2, 0) is 6.42 Å². The molecule has 0 bridgehead atoms. The van der Waals surface area contributed by atoms with Crippen molar-refractivity contribution < 1.29 is 0 Å². The lowest BCUT2D eigenvalue weighted by atomic mass is 9.90. The first-order valence-corrected chi connectivity index (χ1v) is 10.3. The molecule has 1 aliphatic rings. The van der Waals surface area contributed by atoms with Crippen LogP contribution in [-0.4, -0.2) is 4.98 Å². The summed E-state index contributed by atoms with van der Waals surface area (Å²) in [6, 6.07) is 29.0. The van der Waals surface area contributed by atoms with Gasteiger partial charge >= 0.3 is 0 Å². The third-order valence-corrected chi connectivity index (χ3v) is 6.07. The summed E-state index contributed by atoms with van der Waals surface area (Å²) in [5, 5.41) is 5.25. The molecule has 140 valence electrons. The fraction of sp³-hybridized carbons (Fsp3) is 0.231. The molecule has 1 aromatic heterocycles. The Morgan fingerprint density at radius 1 is 0.893 bits per heavy atom. The first-order chi connectivity index (χ1) is 13.8. The van der Waals surface area contributed by atoms with Crippen LogP contribution < -0.4 is 5.32 Å². The van der Waals surface area contributed by atoms with Gasteiger partial charge in [0, 0.05) is 28.7 Å². The Bertz CT molecular complexity index is 1080. The number of hydrogen-bond acceptors (Lipinski definition) is 1. The van der Waals surface area contributed by atoms with Gasteiger partial charge in [-0.15, -0.1) is 0 Å². The minimum atomic E-state index is 0.337. The Morgan fingerprint density at radius 2 is 1.64 bits per heavy atom. The lowest BCUT2D eigenvalue weighted by Gasteiger charge is -2.27. The molecule has 0 radical (unpaired) electrons. The molecule has 2 heteroatoms. The number of rotatable bonds is 4. The van der Waals surface area contributed by atoms with Gasteiger partial charge in [0.2, 0.25) is 0 Å². The molecule has 28 heavy (non-hydrogen) atoms. The Balaban J connectivity index is 1.49. The molecule has 3 aromatic carbocycles. The molecule has 0 saturated heterocycles. The monoisotopic (exact) mass is 366 g/mol. The van der Waals surface area contributed by atoms with Crippen molar-refractivity contribution in [2.45, 2.75) is 38.3 Å². The second kappa shape index (κ2) is 7.29. The molecule has 1 heterocycles. The molecule has 0 amide bonds. The van der Waals surface area contributed by atoms with Crippen LogP contribution in [0.1, 0.15) is 48.7 Å². The van der Waals surface area contributed by atoms with E-state index in [1.807, 2.05) is 0 Å². The molecule has 0 spiro atoms. The predicted molar refractivity (Wildman–Crippen MR) is 117 cm³/mol. The molecule has 2 atom stereocenters. The van der Waals surface area contributed by atoms with Gasteiger partial charge in [-0.25, -0.2) is 0 Å². The van der Waals surface area contributed by atoms with Crippen LogP contribution in [0, 0.1) is 0 Å². The van der Waals surface area contributed by atoms with Crippen molar-refractivity contribution >= 4 is 10.9 Å². The van der Waals surface area contributed by atoms with E-state index in [-0.39, 0.29) is 0 Å². The molecule has 2 unspecified atom stereocenters. The molecule has 2 nitrogen and oxygen atoms in total. The zero-order valence-electron chi connectivity index (χ0n) is 16.3. The van der Waals surface area contributed by atoms with Crippen LogP contribution in [0.3, 0.4) is 0 Å².